The number of hydrogen-bond acceptors (Lipinski definition) is 6. The molecule has 0 saturated carbocycles. The maximum atomic E-state index is 13.0. The van der Waals surface area contributed by atoms with E-state index >= 15 is 0 Å². The standard InChI is InChI=1S/C28H25NO7/c1-34-27(32)17-7-6-8-18(13-17)36-19-14-25(26(30)31)29(15-19)28(33)35-16-24-22-11-4-2-9-20(22)21-10-3-5-12-23(21)24/h2-13,19,24-25H,14-16H2,1H3,(H,30,31)/t19-,25-/m0/s1. The maximum absolute atomic E-state index is 13.0. The molecule has 1 aliphatic heterocycles. The van der Waals surface area contributed by atoms with E-state index in [0.717, 1.165) is 22.3 Å². The van der Waals surface area contributed by atoms with Crippen molar-refractivity contribution < 1.29 is 33.7 Å². The largest absolute Gasteiger partial charge is 0.488 e. The molecule has 0 aromatic heterocycles. The molecule has 36 heavy (non-hydrogen) atoms. The molecule has 2 aliphatic rings. The lowest BCUT2D eigenvalue weighted by atomic mass is 9.98. The summed E-state index contributed by atoms with van der Waals surface area (Å²) in [6, 6.07) is 21.4. The molecule has 1 amide bonds. The summed E-state index contributed by atoms with van der Waals surface area (Å²) in [5.74, 6) is -1.37. The van der Waals surface area contributed by atoms with Crippen LogP contribution < -0.4 is 4.74 Å². The molecule has 0 unspecified atom stereocenters. The topological polar surface area (TPSA) is 102 Å². The molecule has 2 atom stereocenters. The Labute approximate surface area is 208 Å². The fourth-order valence-corrected chi connectivity index (χ4v) is 5.00. The minimum atomic E-state index is -1.13. The predicted octanol–water partition coefficient (Wildman–Crippen LogP) is 4.33. The number of hydrogen-bond donors (Lipinski definition) is 1. The van der Waals surface area contributed by atoms with Gasteiger partial charge < -0.3 is 19.3 Å². The molecule has 8 heteroatoms. The van der Waals surface area contributed by atoms with Crippen molar-refractivity contribution in [1.82, 2.24) is 4.90 Å². The van der Waals surface area contributed by atoms with Gasteiger partial charge in [0.1, 0.15) is 24.5 Å². The number of aliphatic carboxylic acids is 1. The van der Waals surface area contributed by atoms with E-state index in [2.05, 4.69) is 0 Å². The summed E-state index contributed by atoms with van der Waals surface area (Å²) in [6.07, 6.45) is -1.17. The van der Waals surface area contributed by atoms with Gasteiger partial charge in [0.05, 0.1) is 19.2 Å². The zero-order valence-electron chi connectivity index (χ0n) is 19.6. The fourth-order valence-electron chi connectivity index (χ4n) is 5.00. The number of rotatable bonds is 6. The van der Waals surface area contributed by atoms with Crippen molar-refractivity contribution in [2.75, 3.05) is 20.3 Å². The summed E-state index contributed by atoms with van der Waals surface area (Å²) in [5, 5.41) is 9.74. The summed E-state index contributed by atoms with van der Waals surface area (Å²) in [5.41, 5.74) is 4.70. The number of likely N-dealkylation sites (tertiary alicyclic amines) is 1. The van der Waals surface area contributed by atoms with E-state index < -0.39 is 30.2 Å². The van der Waals surface area contributed by atoms with Crippen LogP contribution in [0.15, 0.2) is 72.8 Å². The summed E-state index contributed by atoms with van der Waals surface area (Å²) in [7, 11) is 1.29. The number of carboxylic acid groups (broad SMARTS) is 1. The number of carboxylic acids is 1. The summed E-state index contributed by atoms with van der Waals surface area (Å²) >= 11 is 0. The number of methoxy groups -OCH3 is 1. The Morgan fingerprint density at radius 3 is 2.25 bits per heavy atom. The first-order chi connectivity index (χ1) is 17.5. The molecule has 1 fully saturated rings. The van der Waals surface area contributed by atoms with E-state index in [9.17, 15) is 19.5 Å². The van der Waals surface area contributed by atoms with Crippen LogP contribution in [-0.4, -0.2) is 60.4 Å². The number of ether oxygens (including phenoxy) is 3. The van der Waals surface area contributed by atoms with Crippen LogP contribution in [0, 0.1) is 0 Å². The molecule has 1 heterocycles. The zero-order chi connectivity index (χ0) is 25.2. The maximum Gasteiger partial charge on any atom is 0.410 e. The molecule has 1 saturated heterocycles. The van der Waals surface area contributed by atoms with Crippen LogP contribution in [0.3, 0.4) is 0 Å². The van der Waals surface area contributed by atoms with Gasteiger partial charge in [-0.25, -0.2) is 14.4 Å². The summed E-state index contributed by atoms with van der Waals surface area (Å²) < 4.78 is 16.3. The molecule has 8 nitrogen and oxygen atoms in total. The second-order valence-corrected chi connectivity index (χ2v) is 8.81. The highest BCUT2D eigenvalue weighted by Gasteiger charge is 2.42. The predicted molar refractivity (Wildman–Crippen MR) is 130 cm³/mol. The molecular weight excluding hydrogens is 462 g/mol. The van der Waals surface area contributed by atoms with Gasteiger partial charge in [-0.2, -0.15) is 0 Å². The van der Waals surface area contributed by atoms with E-state index in [1.807, 2.05) is 48.5 Å². The third kappa shape index (κ3) is 4.37. The van der Waals surface area contributed by atoms with Gasteiger partial charge in [0.2, 0.25) is 0 Å². The average Bonchev–Trinajstić information content (AvgIpc) is 3.46. The van der Waals surface area contributed by atoms with E-state index in [0.29, 0.717) is 11.3 Å². The van der Waals surface area contributed by atoms with Gasteiger partial charge in [-0.05, 0) is 40.5 Å². The lowest BCUT2D eigenvalue weighted by Gasteiger charge is -2.22. The van der Waals surface area contributed by atoms with Gasteiger partial charge in [-0.3, -0.25) is 4.90 Å². The van der Waals surface area contributed by atoms with Crippen molar-refractivity contribution in [2.45, 2.75) is 24.5 Å². The third-order valence-electron chi connectivity index (χ3n) is 6.68. The smallest absolute Gasteiger partial charge is 0.410 e. The Hall–Kier alpha value is -4.33. The number of carbonyl (C=O) groups excluding carboxylic acids is 2. The van der Waals surface area contributed by atoms with E-state index in [4.69, 9.17) is 14.2 Å². The molecule has 1 aliphatic carbocycles. The Kier molecular flexibility index (Phi) is 6.33. The highest BCUT2D eigenvalue weighted by atomic mass is 16.6. The van der Waals surface area contributed by atoms with Gasteiger partial charge in [-0.1, -0.05) is 54.6 Å². The molecular formula is C28H25NO7. The summed E-state index contributed by atoms with van der Waals surface area (Å²) in [6.45, 7) is 0.151. The lowest BCUT2D eigenvalue weighted by Crippen LogP contribution is -2.41. The Morgan fingerprint density at radius 2 is 1.61 bits per heavy atom. The summed E-state index contributed by atoms with van der Waals surface area (Å²) in [4.78, 5) is 38.0. The van der Waals surface area contributed by atoms with Crippen LogP contribution in [0.2, 0.25) is 0 Å². The van der Waals surface area contributed by atoms with Crippen LogP contribution in [0.5, 0.6) is 5.75 Å². The van der Waals surface area contributed by atoms with Crippen LogP contribution in [0.1, 0.15) is 33.8 Å². The van der Waals surface area contributed by atoms with Gasteiger partial charge in [0.15, 0.2) is 0 Å². The van der Waals surface area contributed by atoms with Crippen LogP contribution in [0.4, 0.5) is 4.79 Å². The van der Waals surface area contributed by atoms with Crippen molar-refractivity contribution in [3.05, 3.63) is 89.5 Å². The number of esters is 1. The Morgan fingerprint density at radius 1 is 0.944 bits per heavy atom. The first kappa shape index (κ1) is 23.4. The van der Waals surface area contributed by atoms with Crippen molar-refractivity contribution in [3.8, 4) is 16.9 Å². The van der Waals surface area contributed by atoms with Crippen molar-refractivity contribution in [2.24, 2.45) is 0 Å². The lowest BCUT2D eigenvalue weighted by molar-refractivity contribution is -0.141. The molecule has 0 radical (unpaired) electrons. The first-order valence-corrected chi connectivity index (χ1v) is 11.7. The zero-order valence-corrected chi connectivity index (χ0v) is 19.6. The number of fused-ring (bicyclic) bond motifs is 3. The van der Waals surface area contributed by atoms with E-state index in [-0.39, 0.29) is 25.5 Å². The number of nitrogens with zero attached hydrogens (tertiary/aromatic N) is 1. The van der Waals surface area contributed by atoms with E-state index in [1.54, 1.807) is 18.2 Å². The Balaban J connectivity index is 1.28. The normalized spacial score (nSPS) is 18.3. The average molecular weight is 488 g/mol. The molecule has 184 valence electrons. The third-order valence-corrected chi connectivity index (χ3v) is 6.68. The van der Waals surface area contributed by atoms with Crippen molar-refractivity contribution in [3.63, 3.8) is 0 Å². The van der Waals surface area contributed by atoms with Crippen molar-refractivity contribution >= 4 is 18.0 Å². The number of carbonyl (C=O) groups is 3. The van der Waals surface area contributed by atoms with Gasteiger partial charge in [0, 0.05) is 12.3 Å². The highest BCUT2D eigenvalue weighted by Crippen LogP contribution is 2.44. The molecule has 3 aromatic carbocycles. The molecule has 3 aromatic rings. The minimum absolute atomic E-state index is 0.0517. The van der Waals surface area contributed by atoms with Gasteiger partial charge >= 0.3 is 18.0 Å². The first-order valence-electron chi connectivity index (χ1n) is 11.7. The van der Waals surface area contributed by atoms with Crippen molar-refractivity contribution in [1.29, 1.82) is 0 Å². The van der Waals surface area contributed by atoms with Gasteiger partial charge in [-0.15, -0.1) is 0 Å². The molecule has 0 spiro atoms. The van der Waals surface area contributed by atoms with Crippen LogP contribution >= 0.6 is 0 Å². The van der Waals surface area contributed by atoms with Crippen LogP contribution in [-0.2, 0) is 14.3 Å². The SMILES string of the molecule is COC(=O)c1cccc(O[C@H]2C[C@@H](C(=O)O)N(C(=O)OCC3c4ccccc4-c4ccccc43)C2)c1. The fraction of sp³-hybridized carbons (Fsp3) is 0.250. The Bertz CT molecular complexity index is 1280. The molecule has 1 N–H and O–H groups in total. The number of benzene rings is 3. The minimum Gasteiger partial charge on any atom is -0.488 e. The quantitative estimate of drug-likeness (QED) is 0.517. The van der Waals surface area contributed by atoms with Gasteiger partial charge in [0.25, 0.3) is 0 Å². The highest BCUT2D eigenvalue weighted by molar-refractivity contribution is 5.89. The second kappa shape index (κ2) is 9.73. The second-order valence-electron chi connectivity index (χ2n) is 8.81. The van der Waals surface area contributed by atoms with Crippen LogP contribution in [0.25, 0.3) is 11.1 Å². The molecule has 0 bridgehead atoms. The monoisotopic (exact) mass is 487 g/mol. The number of amides is 1. The molecule has 5 rings (SSSR count). The van der Waals surface area contributed by atoms with E-state index in [1.165, 1.54) is 18.1 Å².